The van der Waals surface area contributed by atoms with Crippen LogP contribution in [-0.4, -0.2) is 14.2 Å². The summed E-state index contributed by atoms with van der Waals surface area (Å²) < 4.78 is 19.0. The predicted octanol–water partition coefficient (Wildman–Crippen LogP) is 4.76. The molecule has 21 heavy (non-hydrogen) atoms. The van der Waals surface area contributed by atoms with Gasteiger partial charge < -0.3 is 10.1 Å². The number of benzene rings is 2. The Hall–Kier alpha value is -1.29. The van der Waals surface area contributed by atoms with E-state index in [2.05, 4.69) is 5.32 Å². The van der Waals surface area contributed by atoms with E-state index in [0.717, 1.165) is 11.1 Å². The van der Waals surface area contributed by atoms with Crippen molar-refractivity contribution in [1.82, 2.24) is 5.32 Å². The SMILES string of the molecule is CNC(c1cc(C)c(F)cc1Cl)c1ccc(Cl)cc1OC. The molecule has 0 aliphatic carbocycles. The second-order valence-corrected chi connectivity index (χ2v) is 5.57. The van der Waals surface area contributed by atoms with Crippen molar-refractivity contribution in [3.05, 3.63) is 62.9 Å². The first-order valence-corrected chi connectivity index (χ1v) is 7.19. The van der Waals surface area contributed by atoms with Gasteiger partial charge >= 0.3 is 0 Å². The quantitative estimate of drug-likeness (QED) is 0.874. The molecule has 2 aromatic rings. The van der Waals surface area contributed by atoms with Crippen LogP contribution in [0.4, 0.5) is 4.39 Å². The van der Waals surface area contributed by atoms with Crippen LogP contribution in [0.25, 0.3) is 0 Å². The minimum absolute atomic E-state index is 0.219. The van der Waals surface area contributed by atoms with Gasteiger partial charge in [-0.2, -0.15) is 0 Å². The van der Waals surface area contributed by atoms with Crippen LogP contribution in [0.2, 0.25) is 10.0 Å². The molecule has 2 rings (SSSR count). The highest BCUT2D eigenvalue weighted by Gasteiger charge is 2.20. The molecule has 5 heteroatoms. The first-order valence-electron chi connectivity index (χ1n) is 6.44. The number of aryl methyl sites for hydroxylation is 1. The summed E-state index contributed by atoms with van der Waals surface area (Å²) in [5, 5.41) is 4.15. The molecule has 0 fully saturated rings. The molecule has 2 nitrogen and oxygen atoms in total. The van der Waals surface area contributed by atoms with E-state index in [9.17, 15) is 4.39 Å². The number of halogens is 3. The van der Waals surface area contributed by atoms with Crippen molar-refractivity contribution in [2.24, 2.45) is 0 Å². The van der Waals surface area contributed by atoms with Crippen LogP contribution in [0.15, 0.2) is 30.3 Å². The van der Waals surface area contributed by atoms with Gasteiger partial charge in [-0.1, -0.05) is 29.3 Å². The van der Waals surface area contributed by atoms with Gasteiger partial charge in [-0.05, 0) is 49.4 Å². The van der Waals surface area contributed by atoms with Crippen LogP contribution in [0.1, 0.15) is 22.7 Å². The van der Waals surface area contributed by atoms with E-state index < -0.39 is 0 Å². The van der Waals surface area contributed by atoms with Crippen molar-refractivity contribution in [2.45, 2.75) is 13.0 Å². The lowest BCUT2D eigenvalue weighted by Crippen LogP contribution is -2.19. The van der Waals surface area contributed by atoms with Gasteiger partial charge in [0, 0.05) is 15.6 Å². The largest absolute Gasteiger partial charge is 0.496 e. The highest BCUT2D eigenvalue weighted by molar-refractivity contribution is 6.31. The summed E-state index contributed by atoms with van der Waals surface area (Å²) in [6, 6.07) is 8.26. The summed E-state index contributed by atoms with van der Waals surface area (Å²) in [7, 11) is 3.40. The third-order valence-electron chi connectivity index (χ3n) is 3.38. The van der Waals surface area contributed by atoms with Crippen LogP contribution in [0, 0.1) is 12.7 Å². The zero-order valence-corrected chi connectivity index (χ0v) is 13.5. The van der Waals surface area contributed by atoms with Crippen LogP contribution in [-0.2, 0) is 0 Å². The molecule has 1 unspecified atom stereocenters. The Kier molecular flexibility index (Phi) is 5.09. The van der Waals surface area contributed by atoms with Gasteiger partial charge in [-0.15, -0.1) is 0 Å². The molecule has 1 atom stereocenters. The number of rotatable bonds is 4. The maximum Gasteiger partial charge on any atom is 0.127 e. The van der Waals surface area contributed by atoms with Crippen molar-refractivity contribution in [2.75, 3.05) is 14.2 Å². The van der Waals surface area contributed by atoms with Crippen molar-refractivity contribution in [1.29, 1.82) is 0 Å². The zero-order chi connectivity index (χ0) is 15.6. The molecule has 0 aliphatic rings. The van der Waals surface area contributed by atoms with Gasteiger partial charge in [-0.25, -0.2) is 4.39 Å². The van der Waals surface area contributed by atoms with Crippen LogP contribution in [0.3, 0.4) is 0 Å². The molecule has 0 bridgehead atoms. The molecule has 0 radical (unpaired) electrons. The van der Waals surface area contributed by atoms with Crippen molar-refractivity contribution in [3.63, 3.8) is 0 Å². The molecule has 0 aromatic heterocycles. The lowest BCUT2D eigenvalue weighted by Gasteiger charge is -2.21. The number of hydrogen-bond donors (Lipinski definition) is 1. The van der Waals surface area contributed by atoms with E-state index >= 15 is 0 Å². The fourth-order valence-corrected chi connectivity index (χ4v) is 2.72. The number of ether oxygens (including phenoxy) is 1. The van der Waals surface area contributed by atoms with Gasteiger partial charge in [0.1, 0.15) is 11.6 Å². The zero-order valence-electron chi connectivity index (χ0n) is 12.0. The Balaban J connectivity index is 2.57. The third-order valence-corrected chi connectivity index (χ3v) is 3.95. The van der Waals surface area contributed by atoms with E-state index in [1.54, 1.807) is 32.2 Å². The van der Waals surface area contributed by atoms with Crippen LogP contribution < -0.4 is 10.1 Å². The predicted molar refractivity (Wildman–Crippen MR) is 85.1 cm³/mol. The number of hydrogen-bond acceptors (Lipinski definition) is 2. The Morgan fingerprint density at radius 2 is 1.86 bits per heavy atom. The van der Waals surface area contributed by atoms with Gasteiger partial charge in [0.15, 0.2) is 0 Å². The maximum atomic E-state index is 13.6. The first-order chi connectivity index (χ1) is 9.97. The summed E-state index contributed by atoms with van der Waals surface area (Å²) in [5.41, 5.74) is 2.22. The molecule has 0 amide bonds. The second-order valence-electron chi connectivity index (χ2n) is 4.73. The average Bonchev–Trinajstić information content (AvgIpc) is 2.46. The van der Waals surface area contributed by atoms with E-state index in [4.69, 9.17) is 27.9 Å². The van der Waals surface area contributed by atoms with Gasteiger partial charge in [0.2, 0.25) is 0 Å². The summed E-state index contributed by atoms with van der Waals surface area (Å²) in [6.07, 6.45) is 0. The smallest absolute Gasteiger partial charge is 0.127 e. The van der Waals surface area contributed by atoms with Crippen molar-refractivity contribution >= 4 is 23.2 Å². The summed E-state index contributed by atoms with van der Waals surface area (Å²) >= 11 is 12.2. The maximum absolute atomic E-state index is 13.6. The lowest BCUT2D eigenvalue weighted by molar-refractivity contribution is 0.405. The third kappa shape index (κ3) is 3.31. The summed E-state index contributed by atoms with van der Waals surface area (Å²) in [6.45, 7) is 1.71. The molecular weight excluding hydrogens is 312 g/mol. The molecule has 0 aliphatic heterocycles. The normalized spacial score (nSPS) is 12.3. The molecule has 0 saturated carbocycles. The summed E-state index contributed by atoms with van der Waals surface area (Å²) in [5.74, 6) is 0.335. The van der Waals surface area contributed by atoms with E-state index in [-0.39, 0.29) is 11.9 Å². The molecule has 0 spiro atoms. The van der Waals surface area contributed by atoms with Crippen molar-refractivity contribution < 1.29 is 9.13 Å². The Morgan fingerprint density at radius 3 is 2.48 bits per heavy atom. The highest BCUT2D eigenvalue weighted by atomic mass is 35.5. The number of nitrogens with one attached hydrogen (secondary N) is 1. The van der Waals surface area contributed by atoms with Crippen LogP contribution >= 0.6 is 23.2 Å². The highest BCUT2D eigenvalue weighted by Crippen LogP contribution is 2.35. The standard InChI is InChI=1S/C16H16Cl2FNO/c1-9-6-12(13(18)8-14(9)19)16(20-2)11-5-4-10(17)7-15(11)21-3/h4-8,16,20H,1-3H3. The lowest BCUT2D eigenvalue weighted by atomic mass is 9.96. The van der Waals surface area contributed by atoms with E-state index in [0.29, 0.717) is 21.4 Å². The average molecular weight is 328 g/mol. The Bertz CT molecular complexity index is 661. The minimum Gasteiger partial charge on any atom is -0.496 e. The topological polar surface area (TPSA) is 21.3 Å². The van der Waals surface area contributed by atoms with E-state index in [1.807, 2.05) is 13.1 Å². The minimum atomic E-state index is -0.318. The fourth-order valence-electron chi connectivity index (χ4n) is 2.30. The fraction of sp³-hybridized carbons (Fsp3) is 0.250. The summed E-state index contributed by atoms with van der Waals surface area (Å²) in [4.78, 5) is 0. The molecule has 0 saturated heterocycles. The molecule has 1 N–H and O–H groups in total. The Labute approximate surface area is 133 Å². The molecule has 0 heterocycles. The number of methoxy groups -OCH3 is 1. The van der Waals surface area contributed by atoms with Gasteiger partial charge in [0.05, 0.1) is 13.2 Å². The molecule has 2 aromatic carbocycles. The molecular formula is C16H16Cl2FNO. The van der Waals surface area contributed by atoms with Crippen molar-refractivity contribution in [3.8, 4) is 5.75 Å². The van der Waals surface area contributed by atoms with E-state index in [1.165, 1.54) is 6.07 Å². The Morgan fingerprint density at radius 1 is 1.14 bits per heavy atom. The van der Waals surface area contributed by atoms with Crippen LogP contribution in [0.5, 0.6) is 5.75 Å². The first kappa shape index (κ1) is 16.1. The monoisotopic (exact) mass is 327 g/mol. The van der Waals surface area contributed by atoms with Gasteiger partial charge in [-0.3, -0.25) is 0 Å². The molecule has 112 valence electrons. The second kappa shape index (κ2) is 6.65. The van der Waals surface area contributed by atoms with Gasteiger partial charge in [0.25, 0.3) is 0 Å².